The number of carbonyl (C=O) groups is 1. The molecule has 0 aliphatic rings. The molecule has 2 rings (SSSR count). The number of carbonyl (C=O) groups excluding carboxylic acids is 1. The lowest BCUT2D eigenvalue weighted by atomic mass is 9.94. The van der Waals surface area contributed by atoms with Gasteiger partial charge in [0.1, 0.15) is 0 Å². The molecule has 110 valence electrons. The summed E-state index contributed by atoms with van der Waals surface area (Å²) in [6, 6.07) is 14.2. The van der Waals surface area contributed by atoms with Gasteiger partial charge < -0.3 is 5.32 Å². The Morgan fingerprint density at radius 3 is 2.48 bits per heavy atom. The fourth-order valence-corrected chi connectivity index (χ4v) is 2.74. The molecule has 2 atom stereocenters. The van der Waals surface area contributed by atoms with Crippen molar-refractivity contribution >= 4 is 17.7 Å². The van der Waals surface area contributed by atoms with Crippen molar-refractivity contribution in [3.8, 4) is 0 Å². The van der Waals surface area contributed by atoms with E-state index in [4.69, 9.17) is 0 Å². The van der Waals surface area contributed by atoms with Crippen LogP contribution in [0.2, 0.25) is 0 Å². The lowest BCUT2D eigenvalue weighted by Gasteiger charge is -2.21. The predicted molar refractivity (Wildman–Crippen MR) is 87.4 cm³/mol. The number of thioether (sulfide) groups is 1. The zero-order chi connectivity index (χ0) is 15.1. The first-order chi connectivity index (χ1) is 10.2. The lowest BCUT2D eigenvalue weighted by Crippen LogP contribution is -2.37. The van der Waals surface area contributed by atoms with Crippen LogP contribution in [0.4, 0.5) is 0 Å². The first kappa shape index (κ1) is 15.6. The molecular weight excluding hydrogens is 280 g/mol. The fraction of sp³-hybridized carbons (Fsp3) is 0.294. The second-order valence-corrected chi connectivity index (χ2v) is 6.08. The SMILES string of the molecule is C[C@@H](NC(=O)CSc1ccncc1)[C@@H](C)c1ccccc1. The third-order valence-corrected chi connectivity index (χ3v) is 4.50. The summed E-state index contributed by atoms with van der Waals surface area (Å²) in [5.41, 5.74) is 1.24. The second-order valence-electron chi connectivity index (χ2n) is 5.03. The van der Waals surface area contributed by atoms with Crippen molar-refractivity contribution in [3.05, 3.63) is 60.4 Å². The Kier molecular flexibility index (Phi) is 5.81. The third-order valence-electron chi connectivity index (χ3n) is 3.48. The molecule has 1 aromatic heterocycles. The lowest BCUT2D eigenvalue weighted by molar-refractivity contribution is -0.119. The number of benzene rings is 1. The van der Waals surface area contributed by atoms with E-state index in [-0.39, 0.29) is 11.9 Å². The molecule has 0 radical (unpaired) electrons. The number of amides is 1. The number of nitrogens with zero attached hydrogens (tertiary/aromatic N) is 1. The molecule has 4 heteroatoms. The summed E-state index contributed by atoms with van der Waals surface area (Å²) in [6.45, 7) is 4.18. The van der Waals surface area contributed by atoms with E-state index in [1.807, 2.05) is 37.3 Å². The van der Waals surface area contributed by atoms with Crippen LogP contribution in [0.25, 0.3) is 0 Å². The van der Waals surface area contributed by atoms with Crippen molar-refractivity contribution in [2.24, 2.45) is 0 Å². The van der Waals surface area contributed by atoms with Gasteiger partial charge in [-0.25, -0.2) is 0 Å². The van der Waals surface area contributed by atoms with Crippen molar-refractivity contribution in [1.29, 1.82) is 0 Å². The molecule has 1 amide bonds. The van der Waals surface area contributed by atoms with Crippen LogP contribution in [0.5, 0.6) is 0 Å². The second kappa shape index (κ2) is 7.84. The molecular formula is C17H20N2OS. The van der Waals surface area contributed by atoms with E-state index >= 15 is 0 Å². The van der Waals surface area contributed by atoms with Crippen LogP contribution in [0.1, 0.15) is 25.3 Å². The molecule has 3 nitrogen and oxygen atoms in total. The predicted octanol–water partition coefficient (Wildman–Crippen LogP) is 3.48. The van der Waals surface area contributed by atoms with Crippen LogP contribution in [-0.2, 0) is 4.79 Å². The summed E-state index contributed by atoms with van der Waals surface area (Å²) in [6.07, 6.45) is 3.47. The van der Waals surface area contributed by atoms with E-state index in [1.165, 1.54) is 17.3 Å². The van der Waals surface area contributed by atoms with Crippen LogP contribution in [-0.4, -0.2) is 22.7 Å². The minimum atomic E-state index is 0.0621. The zero-order valence-corrected chi connectivity index (χ0v) is 13.1. The molecule has 0 saturated heterocycles. The summed E-state index contributed by atoms with van der Waals surface area (Å²) in [7, 11) is 0. The Morgan fingerprint density at radius 2 is 1.81 bits per heavy atom. The molecule has 0 spiro atoms. The van der Waals surface area contributed by atoms with Crippen LogP contribution < -0.4 is 5.32 Å². The zero-order valence-electron chi connectivity index (χ0n) is 12.3. The molecule has 1 heterocycles. The van der Waals surface area contributed by atoms with Gasteiger partial charge in [-0.15, -0.1) is 11.8 Å². The Morgan fingerprint density at radius 1 is 1.14 bits per heavy atom. The Bertz CT molecular complexity index is 560. The Labute approximate surface area is 130 Å². The summed E-state index contributed by atoms with van der Waals surface area (Å²) < 4.78 is 0. The first-order valence-corrected chi connectivity index (χ1v) is 8.02. The molecule has 1 N–H and O–H groups in total. The van der Waals surface area contributed by atoms with Gasteiger partial charge in [0.25, 0.3) is 0 Å². The quantitative estimate of drug-likeness (QED) is 0.830. The van der Waals surface area contributed by atoms with Gasteiger partial charge in [-0.05, 0) is 24.6 Å². The maximum absolute atomic E-state index is 12.0. The third kappa shape index (κ3) is 4.90. The molecule has 2 aromatic rings. The molecule has 21 heavy (non-hydrogen) atoms. The highest BCUT2D eigenvalue weighted by atomic mass is 32.2. The first-order valence-electron chi connectivity index (χ1n) is 7.04. The van der Waals surface area contributed by atoms with Crippen LogP contribution >= 0.6 is 11.8 Å². The number of pyridine rings is 1. The van der Waals surface area contributed by atoms with Gasteiger partial charge in [-0.2, -0.15) is 0 Å². The van der Waals surface area contributed by atoms with E-state index in [0.717, 1.165) is 4.90 Å². The van der Waals surface area contributed by atoms with E-state index in [1.54, 1.807) is 12.4 Å². The van der Waals surface area contributed by atoms with Gasteiger partial charge in [0, 0.05) is 29.2 Å². The van der Waals surface area contributed by atoms with Crippen molar-refractivity contribution in [1.82, 2.24) is 10.3 Å². The summed E-state index contributed by atoms with van der Waals surface area (Å²) in [5.74, 6) is 0.781. The normalized spacial score (nSPS) is 13.4. The van der Waals surface area contributed by atoms with Gasteiger partial charge in [0.05, 0.1) is 5.75 Å². The van der Waals surface area contributed by atoms with Crippen LogP contribution in [0, 0.1) is 0 Å². The number of hydrogen-bond acceptors (Lipinski definition) is 3. The smallest absolute Gasteiger partial charge is 0.230 e. The van der Waals surface area contributed by atoms with Crippen LogP contribution in [0.3, 0.4) is 0 Å². The minimum absolute atomic E-state index is 0.0621. The number of rotatable bonds is 6. The molecule has 0 aliphatic heterocycles. The van der Waals surface area contributed by atoms with Crippen molar-refractivity contribution < 1.29 is 4.79 Å². The maximum Gasteiger partial charge on any atom is 0.230 e. The monoisotopic (exact) mass is 300 g/mol. The van der Waals surface area contributed by atoms with E-state index in [0.29, 0.717) is 11.7 Å². The molecule has 0 saturated carbocycles. The fourth-order valence-electron chi connectivity index (χ4n) is 2.05. The molecule has 0 aliphatic carbocycles. The summed E-state index contributed by atoms with van der Waals surface area (Å²) in [4.78, 5) is 17.0. The number of aromatic nitrogens is 1. The minimum Gasteiger partial charge on any atom is -0.352 e. The van der Waals surface area contributed by atoms with Gasteiger partial charge >= 0.3 is 0 Å². The molecule has 0 unspecified atom stereocenters. The summed E-state index contributed by atoms with van der Waals surface area (Å²) in [5, 5.41) is 3.07. The molecule has 0 fully saturated rings. The number of nitrogens with one attached hydrogen (secondary N) is 1. The van der Waals surface area contributed by atoms with Gasteiger partial charge in [-0.3, -0.25) is 9.78 Å². The highest BCUT2D eigenvalue weighted by Crippen LogP contribution is 2.19. The van der Waals surface area contributed by atoms with Crippen molar-refractivity contribution in [2.75, 3.05) is 5.75 Å². The highest BCUT2D eigenvalue weighted by molar-refractivity contribution is 8.00. The van der Waals surface area contributed by atoms with E-state index < -0.39 is 0 Å². The molecule has 0 bridgehead atoms. The average Bonchev–Trinajstić information content (AvgIpc) is 2.54. The van der Waals surface area contributed by atoms with Gasteiger partial charge in [-0.1, -0.05) is 37.3 Å². The van der Waals surface area contributed by atoms with E-state index in [2.05, 4.69) is 29.4 Å². The Hall–Kier alpha value is -1.81. The summed E-state index contributed by atoms with van der Waals surface area (Å²) >= 11 is 1.53. The van der Waals surface area contributed by atoms with Gasteiger partial charge in [0.15, 0.2) is 0 Å². The maximum atomic E-state index is 12.0. The molecule has 1 aromatic carbocycles. The van der Waals surface area contributed by atoms with Crippen molar-refractivity contribution in [2.45, 2.75) is 30.7 Å². The Balaban J connectivity index is 1.82. The number of hydrogen-bond donors (Lipinski definition) is 1. The largest absolute Gasteiger partial charge is 0.352 e. The highest BCUT2D eigenvalue weighted by Gasteiger charge is 2.16. The van der Waals surface area contributed by atoms with E-state index in [9.17, 15) is 4.79 Å². The average molecular weight is 300 g/mol. The van der Waals surface area contributed by atoms with Crippen molar-refractivity contribution in [3.63, 3.8) is 0 Å². The van der Waals surface area contributed by atoms with Gasteiger partial charge in [0.2, 0.25) is 5.91 Å². The standard InChI is InChI=1S/C17H20N2OS/c1-13(15-6-4-3-5-7-15)14(2)19-17(20)12-21-16-8-10-18-11-9-16/h3-11,13-14H,12H2,1-2H3,(H,19,20)/t13-,14-/m1/s1. The topological polar surface area (TPSA) is 42.0 Å². The van der Waals surface area contributed by atoms with Crippen LogP contribution in [0.15, 0.2) is 59.8 Å².